The number of para-hydroxylation sites is 1. The van der Waals surface area contributed by atoms with Gasteiger partial charge in [0.1, 0.15) is 5.82 Å². The van der Waals surface area contributed by atoms with Gasteiger partial charge in [0, 0.05) is 23.0 Å². The Morgan fingerprint density at radius 3 is 2.39 bits per heavy atom. The van der Waals surface area contributed by atoms with Gasteiger partial charge in [-0.3, -0.25) is 4.98 Å². The van der Waals surface area contributed by atoms with E-state index in [-0.39, 0.29) is 17.9 Å². The van der Waals surface area contributed by atoms with Crippen LogP contribution in [0.1, 0.15) is 34.7 Å². The van der Waals surface area contributed by atoms with Crippen molar-refractivity contribution in [3.05, 3.63) is 126 Å². The summed E-state index contributed by atoms with van der Waals surface area (Å²) in [7, 11) is 0. The molecule has 0 aliphatic carbocycles. The Bertz CT molecular complexity index is 1590. The van der Waals surface area contributed by atoms with Crippen LogP contribution in [0.25, 0.3) is 16.5 Å². The first-order valence-corrected chi connectivity index (χ1v) is 12.4. The smallest absolute Gasteiger partial charge is 0.174 e. The van der Waals surface area contributed by atoms with Gasteiger partial charge in [-0.05, 0) is 73.4 Å². The molecule has 2 atom stereocenters. The molecule has 36 heavy (non-hydrogen) atoms. The molecular formula is C30H25FN4S. The van der Waals surface area contributed by atoms with Crippen LogP contribution in [0.5, 0.6) is 0 Å². The van der Waals surface area contributed by atoms with E-state index in [4.69, 9.17) is 12.2 Å². The van der Waals surface area contributed by atoms with E-state index in [9.17, 15) is 0 Å². The van der Waals surface area contributed by atoms with Crippen LogP contribution in [0, 0.1) is 19.7 Å². The molecule has 2 aromatic heterocycles. The van der Waals surface area contributed by atoms with Crippen LogP contribution in [0.15, 0.2) is 97.2 Å². The van der Waals surface area contributed by atoms with Crippen molar-refractivity contribution < 1.29 is 4.39 Å². The Balaban J connectivity index is 1.57. The van der Waals surface area contributed by atoms with Gasteiger partial charge >= 0.3 is 0 Å². The monoisotopic (exact) mass is 492 g/mol. The van der Waals surface area contributed by atoms with Crippen molar-refractivity contribution >= 4 is 33.8 Å². The second kappa shape index (κ2) is 8.88. The maximum atomic E-state index is 15.1. The summed E-state index contributed by atoms with van der Waals surface area (Å²) in [6, 6.07) is 29.1. The molecule has 3 heterocycles. The summed E-state index contributed by atoms with van der Waals surface area (Å²) in [5.74, 6) is -0.309. The molecule has 1 aliphatic rings. The zero-order valence-corrected chi connectivity index (χ0v) is 20.8. The Labute approximate surface area is 215 Å². The number of nitrogens with one attached hydrogen (secondary N) is 1. The number of hydrogen-bond acceptors (Lipinski definition) is 2. The van der Waals surface area contributed by atoms with E-state index in [0.29, 0.717) is 10.8 Å². The van der Waals surface area contributed by atoms with E-state index in [2.05, 4.69) is 77.2 Å². The minimum absolute atomic E-state index is 0.236. The second-order valence-corrected chi connectivity index (χ2v) is 9.49. The number of rotatable bonds is 4. The molecule has 6 rings (SSSR count). The predicted molar refractivity (Wildman–Crippen MR) is 147 cm³/mol. The summed E-state index contributed by atoms with van der Waals surface area (Å²) in [6.45, 7) is 4.24. The summed E-state index contributed by atoms with van der Waals surface area (Å²) in [5, 5.41) is 6.29. The molecule has 1 aliphatic heterocycles. The number of pyridine rings is 1. The van der Waals surface area contributed by atoms with Crippen molar-refractivity contribution in [3.63, 3.8) is 0 Å². The van der Waals surface area contributed by atoms with Crippen LogP contribution in [0.4, 0.5) is 10.1 Å². The Morgan fingerprint density at radius 1 is 0.861 bits per heavy atom. The molecule has 1 N–H and O–H groups in total. The summed E-state index contributed by atoms with van der Waals surface area (Å²) >= 11 is 5.79. The number of anilines is 1. The number of benzene rings is 3. The highest BCUT2D eigenvalue weighted by molar-refractivity contribution is 7.80. The fourth-order valence-electron chi connectivity index (χ4n) is 5.44. The average Bonchev–Trinajstić information content (AvgIpc) is 3.39. The number of aryl methyl sites for hydroxylation is 1. The standard InChI is InChI=1S/C30H25FN4S/c1-19-18-23(20(2)34(19)26-16-9-11-21-10-3-4-12-22(21)26)29-28(25-14-7-8-17-32-25)33-30(36)35(29)27-15-6-5-13-24(27)31/h3-18,28-29H,1-2H3,(H,33,36)/t28-,29+/m0/s1. The molecule has 0 unspecified atom stereocenters. The zero-order valence-electron chi connectivity index (χ0n) is 20.0. The predicted octanol–water partition coefficient (Wildman–Crippen LogP) is 6.96. The average molecular weight is 493 g/mol. The van der Waals surface area contributed by atoms with E-state index in [1.165, 1.54) is 16.8 Å². The lowest BCUT2D eigenvalue weighted by Crippen LogP contribution is -2.30. The first-order valence-electron chi connectivity index (χ1n) is 12.0. The minimum atomic E-state index is -0.309. The lowest BCUT2D eigenvalue weighted by molar-refractivity contribution is 0.556. The molecule has 5 aromatic rings. The number of hydrogen-bond donors (Lipinski definition) is 1. The van der Waals surface area contributed by atoms with Crippen molar-refractivity contribution in [2.75, 3.05) is 4.90 Å². The maximum Gasteiger partial charge on any atom is 0.174 e. The Morgan fingerprint density at radius 2 is 1.58 bits per heavy atom. The third-order valence-electron chi connectivity index (χ3n) is 7.01. The van der Waals surface area contributed by atoms with Crippen LogP contribution in [0.2, 0.25) is 0 Å². The third kappa shape index (κ3) is 3.57. The van der Waals surface area contributed by atoms with Gasteiger partial charge in [0.25, 0.3) is 0 Å². The highest BCUT2D eigenvalue weighted by atomic mass is 32.1. The zero-order chi connectivity index (χ0) is 24.8. The van der Waals surface area contributed by atoms with Crippen molar-refractivity contribution in [2.45, 2.75) is 25.9 Å². The molecule has 6 heteroatoms. The maximum absolute atomic E-state index is 15.1. The molecule has 178 valence electrons. The van der Waals surface area contributed by atoms with Gasteiger partial charge in [0.2, 0.25) is 0 Å². The van der Waals surface area contributed by atoms with E-state index >= 15 is 4.39 Å². The number of aromatic nitrogens is 2. The van der Waals surface area contributed by atoms with Crippen molar-refractivity contribution in [3.8, 4) is 5.69 Å². The largest absolute Gasteiger partial charge is 0.351 e. The first kappa shape index (κ1) is 22.4. The summed E-state index contributed by atoms with van der Waals surface area (Å²) in [4.78, 5) is 6.53. The first-order chi connectivity index (χ1) is 17.5. The van der Waals surface area contributed by atoms with E-state index in [1.807, 2.05) is 29.2 Å². The number of nitrogens with zero attached hydrogens (tertiary/aromatic N) is 3. The molecule has 0 radical (unpaired) electrons. The third-order valence-corrected chi connectivity index (χ3v) is 7.32. The van der Waals surface area contributed by atoms with Crippen LogP contribution in [-0.4, -0.2) is 14.7 Å². The van der Waals surface area contributed by atoms with E-state index in [0.717, 1.165) is 28.3 Å². The fourth-order valence-corrected chi connectivity index (χ4v) is 5.78. The highest BCUT2D eigenvalue weighted by Crippen LogP contribution is 2.44. The van der Waals surface area contributed by atoms with Crippen LogP contribution in [-0.2, 0) is 0 Å². The SMILES string of the molecule is Cc1cc([C@@H]2[C@H](c3ccccn3)NC(=S)N2c2ccccc2F)c(C)n1-c1cccc2ccccc12. The fraction of sp³-hybridized carbons (Fsp3) is 0.133. The van der Waals surface area contributed by atoms with Gasteiger partial charge in [0.05, 0.1) is 29.2 Å². The molecule has 4 nitrogen and oxygen atoms in total. The van der Waals surface area contributed by atoms with Gasteiger partial charge in [-0.1, -0.05) is 54.6 Å². The molecule has 1 saturated heterocycles. The second-order valence-electron chi connectivity index (χ2n) is 9.11. The van der Waals surface area contributed by atoms with Gasteiger partial charge in [-0.25, -0.2) is 4.39 Å². The minimum Gasteiger partial charge on any atom is -0.351 e. The Kier molecular flexibility index (Phi) is 5.53. The van der Waals surface area contributed by atoms with Crippen molar-refractivity contribution in [1.29, 1.82) is 0 Å². The number of halogens is 1. The van der Waals surface area contributed by atoms with E-state index in [1.54, 1.807) is 18.3 Å². The topological polar surface area (TPSA) is 33.1 Å². The van der Waals surface area contributed by atoms with Gasteiger partial charge < -0.3 is 14.8 Å². The van der Waals surface area contributed by atoms with Crippen LogP contribution in [0.3, 0.4) is 0 Å². The van der Waals surface area contributed by atoms with Crippen molar-refractivity contribution in [2.24, 2.45) is 0 Å². The molecule has 0 amide bonds. The number of thiocarbonyl (C=S) groups is 1. The van der Waals surface area contributed by atoms with Gasteiger partial charge in [-0.2, -0.15) is 0 Å². The van der Waals surface area contributed by atoms with E-state index < -0.39 is 0 Å². The molecule has 0 spiro atoms. The number of fused-ring (bicyclic) bond motifs is 1. The summed E-state index contributed by atoms with van der Waals surface area (Å²) in [5.41, 5.74) is 5.70. The normalized spacial score (nSPS) is 17.5. The Hall–Kier alpha value is -4.03. The van der Waals surface area contributed by atoms with Gasteiger partial charge in [0.15, 0.2) is 5.11 Å². The lowest BCUT2D eigenvalue weighted by atomic mass is 9.96. The van der Waals surface area contributed by atoms with Crippen LogP contribution < -0.4 is 10.2 Å². The molecular weight excluding hydrogens is 467 g/mol. The quantitative estimate of drug-likeness (QED) is 0.275. The van der Waals surface area contributed by atoms with Crippen molar-refractivity contribution in [1.82, 2.24) is 14.9 Å². The van der Waals surface area contributed by atoms with Gasteiger partial charge in [-0.15, -0.1) is 0 Å². The molecule has 0 bridgehead atoms. The molecule has 3 aromatic carbocycles. The summed E-state index contributed by atoms with van der Waals surface area (Å²) < 4.78 is 17.4. The summed E-state index contributed by atoms with van der Waals surface area (Å²) in [6.07, 6.45) is 1.78. The molecule has 0 saturated carbocycles. The van der Waals surface area contributed by atoms with Crippen LogP contribution >= 0.6 is 12.2 Å². The highest BCUT2D eigenvalue weighted by Gasteiger charge is 2.43. The molecule has 1 fully saturated rings. The lowest BCUT2D eigenvalue weighted by Gasteiger charge is -2.28.